The lowest BCUT2D eigenvalue weighted by atomic mass is 9.86. The molecule has 2 N–H and O–H groups in total. The van der Waals surface area contributed by atoms with Crippen molar-refractivity contribution in [2.45, 2.75) is 40.0 Å². The largest absolute Gasteiger partial charge is 0.505 e. The first-order chi connectivity index (χ1) is 12.1. The molecule has 5 nitrogen and oxygen atoms in total. The maximum absolute atomic E-state index is 10.5. The fraction of sp³-hybridized carbons (Fsp3) is 0.333. The second-order valence-corrected chi connectivity index (χ2v) is 7.55. The summed E-state index contributed by atoms with van der Waals surface area (Å²) in [6.45, 7) is 9.55. The molecule has 0 radical (unpaired) electrons. The van der Waals surface area contributed by atoms with Crippen molar-refractivity contribution in [2.24, 2.45) is 5.92 Å². The minimum atomic E-state index is -0.741. The zero-order valence-electron chi connectivity index (χ0n) is 15.9. The highest BCUT2D eigenvalue weighted by atomic mass is 16.4. The number of hydrogen-bond donors (Lipinski definition) is 2. The number of phenolic OH excluding ortho intramolecular Hbond substituents is 1. The van der Waals surface area contributed by atoms with Crippen LogP contribution in [-0.2, 0) is 10.2 Å². The van der Waals surface area contributed by atoms with Gasteiger partial charge in [-0.25, -0.2) is 4.68 Å². The van der Waals surface area contributed by atoms with Crippen LogP contribution in [0.2, 0.25) is 0 Å². The van der Waals surface area contributed by atoms with Gasteiger partial charge < -0.3 is 10.2 Å². The van der Waals surface area contributed by atoms with Crippen molar-refractivity contribution >= 4 is 16.9 Å². The molecule has 0 saturated heterocycles. The van der Waals surface area contributed by atoms with Crippen LogP contribution in [0.5, 0.6) is 5.75 Å². The van der Waals surface area contributed by atoms with E-state index in [0.717, 1.165) is 16.5 Å². The molecule has 138 valence electrons. The number of carboxylic acids is 1. The number of benzene rings is 2. The predicted octanol–water partition coefficient (Wildman–Crippen LogP) is 4.76. The molecule has 1 aromatic heterocycles. The number of fused-ring (bicyclic) bond motifs is 1. The Labute approximate surface area is 153 Å². The average Bonchev–Trinajstić information content (AvgIpc) is 2.98. The number of phenols is 1. The Morgan fingerprint density at radius 3 is 2.23 bits per heavy atom. The molecule has 26 heavy (non-hydrogen) atoms. The van der Waals surface area contributed by atoms with Gasteiger partial charge in [-0.15, -0.1) is 0 Å². The zero-order chi connectivity index (χ0) is 19.5. The maximum Gasteiger partial charge on any atom is 0.305 e. The second kappa shape index (κ2) is 7.60. The Kier molecular flexibility index (Phi) is 5.70. The standard InChI is InChI=1S/C17H18N2O.C4H8O2/c1-17(2,3)13-8-6-10-15(16(13)20)19-11-12-7-4-5-9-14(12)18-19;1-3(2)4(5)6/h4-11,20H,1-3H3;3H,1-2H3,(H,5,6). The van der Waals surface area contributed by atoms with Crippen molar-refractivity contribution in [3.8, 4) is 11.4 Å². The van der Waals surface area contributed by atoms with Gasteiger partial charge in [0.2, 0.25) is 0 Å². The van der Waals surface area contributed by atoms with Gasteiger partial charge >= 0.3 is 5.97 Å². The topological polar surface area (TPSA) is 75.3 Å². The van der Waals surface area contributed by atoms with E-state index < -0.39 is 5.97 Å². The van der Waals surface area contributed by atoms with Gasteiger partial charge in [0.05, 0.1) is 11.4 Å². The van der Waals surface area contributed by atoms with Gasteiger partial charge in [0.25, 0.3) is 0 Å². The van der Waals surface area contributed by atoms with E-state index in [1.165, 1.54) is 0 Å². The number of rotatable bonds is 2. The van der Waals surface area contributed by atoms with E-state index >= 15 is 0 Å². The molecular formula is C21H26N2O3. The van der Waals surface area contributed by atoms with Crippen LogP contribution in [0.4, 0.5) is 0 Å². The molecule has 0 atom stereocenters. The van der Waals surface area contributed by atoms with Crippen molar-refractivity contribution in [2.75, 3.05) is 0 Å². The molecule has 0 saturated carbocycles. The lowest BCUT2D eigenvalue weighted by molar-refractivity contribution is -0.140. The maximum atomic E-state index is 10.5. The summed E-state index contributed by atoms with van der Waals surface area (Å²) in [4.78, 5) is 9.70. The van der Waals surface area contributed by atoms with E-state index in [-0.39, 0.29) is 11.3 Å². The zero-order valence-corrected chi connectivity index (χ0v) is 15.9. The minimum absolute atomic E-state index is 0.104. The Bertz CT molecular complexity index is 872. The molecule has 5 heteroatoms. The molecule has 2 aromatic carbocycles. The van der Waals surface area contributed by atoms with Gasteiger partial charge in [0.15, 0.2) is 0 Å². The normalized spacial score (nSPS) is 11.3. The smallest absolute Gasteiger partial charge is 0.305 e. The fourth-order valence-electron chi connectivity index (χ4n) is 2.41. The summed E-state index contributed by atoms with van der Waals surface area (Å²) in [6.07, 6.45) is 1.94. The van der Waals surface area contributed by atoms with Gasteiger partial charge in [-0.05, 0) is 17.5 Å². The number of aromatic hydroxyl groups is 1. The number of aliphatic carboxylic acids is 1. The molecule has 0 unspecified atom stereocenters. The van der Waals surface area contributed by atoms with Crippen molar-refractivity contribution in [3.05, 3.63) is 54.2 Å². The van der Waals surface area contributed by atoms with Crippen LogP contribution in [0.3, 0.4) is 0 Å². The van der Waals surface area contributed by atoms with Crippen LogP contribution in [0.15, 0.2) is 48.7 Å². The number of carboxylic acid groups (broad SMARTS) is 1. The number of carbonyl (C=O) groups is 1. The number of nitrogens with zero attached hydrogens (tertiary/aromatic N) is 2. The third-order valence-electron chi connectivity index (χ3n) is 3.98. The lowest BCUT2D eigenvalue weighted by Crippen LogP contribution is -2.12. The fourth-order valence-corrected chi connectivity index (χ4v) is 2.41. The molecule has 0 fully saturated rings. The van der Waals surface area contributed by atoms with Crippen LogP contribution < -0.4 is 0 Å². The molecule has 3 aromatic rings. The van der Waals surface area contributed by atoms with Gasteiger partial charge in [-0.1, -0.05) is 65.0 Å². The number of hydrogen-bond acceptors (Lipinski definition) is 3. The minimum Gasteiger partial charge on any atom is -0.505 e. The number of aromatic nitrogens is 2. The first-order valence-corrected chi connectivity index (χ1v) is 8.61. The summed E-state index contributed by atoms with van der Waals surface area (Å²) in [5.74, 6) is -0.673. The van der Waals surface area contributed by atoms with Crippen molar-refractivity contribution in [1.29, 1.82) is 0 Å². The first-order valence-electron chi connectivity index (χ1n) is 8.61. The van der Waals surface area contributed by atoms with Gasteiger partial charge in [0, 0.05) is 17.1 Å². The van der Waals surface area contributed by atoms with Gasteiger partial charge in [-0.3, -0.25) is 4.79 Å². The average molecular weight is 354 g/mol. The summed E-state index contributed by atoms with van der Waals surface area (Å²) >= 11 is 0. The molecule has 0 spiro atoms. The predicted molar refractivity (Wildman–Crippen MR) is 104 cm³/mol. The highest BCUT2D eigenvalue weighted by Gasteiger charge is 2.20. The summed E-state index contributed by atoms with van der Waals surface area (Å²) in [5, 5.41) is 24.1. The van der Waals surface area contributed by atoms with E-state index in [1.54, 1.807) is 18.5 Å². The van der Waals surface area contributed by atoms with E-state index in [4.69, 9.17) is 5.11 Å². The highest BCUT2D eigenvalue weighted by Crippen LogP contribution is 2.35. The molecule has 0 aliphatic heterocycles. The summed E-state index contributed by atoms with van der Waals surface area (Å²) in [7, 11) is 0. The summed E-state index contributed by atoms with van der Waals surface area (Å²) in [5.41, 5.74) is 2.46. The quantitative estimate of drug-likeness (QED) is 0.696. The monoisotopic (exact) mass is 354 g/mol. The van der Waals surface area contributed by atoms with E-state index in [1.807, 2.05) is 48.7 Å². The van der Waals surface area contributed by atoms with Crippen LogP contribution in [0, 0.1) is 5.92 Å². The van der Waals surface area contributed by atoms with E-state index in [2.05, 4.69) is 25.9 Å². The van der Waals surface area contributed by atoms with E-state index in [0.29, 0.717) is 11.4 Å². The van der Waals surface area contributed by atoms with E-state index in [9.17, 15) is 9.90 Å². The second-order valence-electron chi connectivity index (χ2n) is 7.55. The molecule has 3 rings (SSSR count). The molecule has 0 aliphatic rings. The van der Waals surface area contributed by atoms with Crippen LogP contribution in [0.1, 0.15) is 40.2 Å². The first kappa shape index (κ1) is 19.5. The van der Waals surface area contributed by atoms with Crippen LogP contribution in [-0.4, -0.2) is 26.0 Å². The summed E-state index contributed by atoms with van der Waals surface area (Å²) < 4.78 is 1.75. The van der Waals surface area contributed by atoms with Gasteiger partial charge in [0.1, 0.15) is 11.4 Å². The van der Waals surface area contributed by atoms with Crippen LogP contribution in [0.25, 0.3) is 16.6 Å². The molecule has 0 bridgehead atoms. The Balaban J connectivity index is 0.000000352. The Morgan fingerprint density at radius 1 is 1.08 bits per heavy atom. The third kappa shape index (κ3) is 4.42. The molecule has 0 amide bonds. The van der Waals surface area contributed by atoms with Crippen molar-refractivity contribution in [1.82, 2.24) is 9.78 Å². The molecular weight excluding hydrogens is 328 g/mol. The third-order valence-corrected chi connectivity index (χ3v) is 3.98. The van der Waals surface area contributed by atoms with Crippen LogP contribution >= 0.6 is 0 Å². The molecule has 0 aliphatic carbocycles. The Morgan fingerprint density at radius 2 is 1.69 bits per heavy atom. The lowest BCUT2D eigenvalue weighted by Gasteiger charge is -2.21. The van der Waals surface area contributed by atoms with Crippen molar-refractivity contribution < 1.29 is 15.0 Å². The summed E-state index contributed by atoms with van der Waals surface area (Å²) in [6, 6.07) is 13.7. The van der Waals surface area contributed by atoms with Crippen molar-refractivity contribution in [3.63, 3.8) is 0 Å². The Hall–Kier alpha value is -2.82. The highest BCUT2D eigenvalue weighted by molar-refractivity contribution is 5.78. The molecule has 1 heterocycles. The number of para-hydroxylation sites is 1. The van der Waals surface area contributed by atoms with Gasteiger partial charge in [-0.2, -0.15) is 5.10 Å². The SMILES string of the molecule is CC(C)(C)c1cccc(-n2cc3ccccc3n2)c1O.CC(C)C(=O)O.